The molecule has 0 atom stereocenters. The molecule has 0 aliphatic heterocycles. The highest BCUT2D eigenvalue weighted by Crippen LogP contribution is 2.37. The average molecular weight is 416 g/mol. The molecule has 5 rings (SSSR count). The third-order valence-electron chi connectivity index (χ3n) is 5.22. The number of aromatic nitrogens is 4. The van der Waals surface area contributed by atoms with Crippen molar-refractivity contribution in [2.45, 2.75) is 6.92 Å². The van der Waals surface area contributed by atoms with Crippen LogP contribution in [0.25, 0.3) is 22.7 Å². The molecule has 4 heterocycles. The second kappa shape index (κ2) is 7.28. The summed E-state index contributed by atoms with van der Waals surface area (Å²) in [4.78, 5) is 12.1. The standard InChI is InChI=1S/C24H18F2N4O/c1-17(31)18-9-8-16-30(18)21-19(25)22(27-10-2-3-11-27)24(29-14-6-7-15-29)23(20(21)26)28-12-4-5-13-28/h2-16H,1H3. The predicted octanol–water partition coefficient (Wildman–Crippen LogP) is 5.33. The van der Waals surface area contributed by atoms with E-state index in [9.17, 15) is 4.79 Å². The Morgan fingerprint density at radius 2 is 1.03 bits per heavy atom. The SMILES string of the molecule is CC(=O)c1cccn1-c1c(F)c(-n2cccc2)c(-n2cccc2)c(-n2cccc2)c1F. The maximum atomic E-state index is 16.2. The van der Waals surface area contributed by atoms with E-state index in [2.05, 4.69) is 0 Å². The van der Waals surface area contributed by atoms with Gasteiger partial charge in [-0.05, 0) is 48.5 Å². The van der Waals surface area contributed by atoms with Crippen molar-refractivity contribution in [1.82, 2.24) is 18.3 Å². The fourth-order valence-electron chi connectivity index (χ4n) is 3.88. The molecule has 7 heteroatoms. The monoisotopic (exact) mass is 416 g/mol. The molecule has 0 unspecified atom stereocenters. The number of hydrogen-bond donors (Lipinski definition) is 0. The molecular formula is C24H18F2N4O. The van der Waals surface area contributed by atoms with E-state index < -0.39 is 11.6 Å². The van der Waals surface area contributed by atoms with Crippen molar-refractivity contribution in [2.24, 2.45) is 0 Å². The maximum Gasteiger partial charge on any atom is 0.176 e. The lowest BCUT2D eigenvalue weighted by Gasteiger charge is -2.23. The highest BCUT2D eigenvalue weighted by molar-refractivity contribution is 5.93. The minimum Gasteiger partial charge on any atom is -0.320 e. The van der Waals surface area contributed by atoms with Crippen LogP contribution in [-0.4, -0.2) is 24.1 Å². The van der Waals surface area contributed by atoms with Gasteiger partial charge in [0.25, 0.3) is 0 Å². The van der Waals surface area contributed by atoms with Crippen LogP contribution < -0.4 is 0 Å². The molecule has 0 bridgehead atoms. The molecular weight excluding hydrogens is 398 g/mol. The summed E-state index contributed by atoms with van der Waals surface area (Å²) in [5.74, 6) is -1.83. The Bertz CT molecular complexity index is 1300. The second-order valence-corrected chi connectivity index (χ2v) is 7.11. The van der Waals surface area contributed by atoms with Gasteiger partial charge in [0, 0.05) is 50.3 Å². The molecule has 0 fully saturated rings. The second-order valence-electron chi connectivity index (χ2n) is 7.11. The molecule has 0 radical (unpaired) electrons. The van der Waals surface area contributed by atoms with Crippen LogP contribution >= 0.6 is 0 Å². The van der Waals surface area contributed by atoms with Gasteiger partial charge in [-0.3, -0.25) is 4.79 Å². The van der Waals surface area contributed by atoms with Crippen LogP contribution in [0.2, 0.25) is 0 Å². The fraction of sp³-hybridized carbons (Fsp3) is 0.0417. The van der Waals surface area contributed by atoms with Crippen molar-refractivity contribution in [3.8, 4) is 22.7 Å². The number of hydrogen-bond acceptors (Lipinski definition) is 1. The predicted molar refractivity (Wildman–Crippen MR) is 114 cm³/mol. The van der Waals surface area contributed by atoms with Gasteiger partial charge < -0.3 is 18.3 Å². The zero-order valence-corrected chi connectivity index (χ0v) is 16.6. The number of nitrogens with zero attached hydrogens (tertiary/aromatic N) is 4. The van der Waals surface area contributed by atoms with E-state index in [1.807, 2.05) is 0 Å². The smallest absolute Gasteiger partial charge is 0.176 e. The fourth-order valence-corrected chi connectivity index (χ4v) is 3.88. The number of Topliss-reactive ketones (excluding diaryl/α,β-unsaturated/α-hetero) is 1. The quantitative estimate of drug-likeness (QED) is 0.357. The number of halogens is 2. The molecule has 154 valence electrons. The minimum absolute atomic E-state index is 0.171. The molecule has 0 amide bonds. The lowest BCUT2D eigenvalue weighted by Crippen LogP contribution is -2.16. The highest BCUT2D eigenvalue weighted by atomic mass is 19.1. The largest absolute Gasteiger partial charge is 0.320 e. The van der Waals surface area contributed by atoms with Crippen LogP contribution in [-0.2, 0) is 0 Å². The lowest BCUT2D eigenvalue weighted by molar-refractivity contribution is 0.101. The topological polar surface area (TPSA) is 36.8 Å². The number of rotatable bonds is 5. The summed E-state index contributed by atoms with van der Waals surface area (Å²) in [5, 5.41) is 0. The molecule has 4 aromatic heterocycles. The molecule has 0 N–H and O–H groups in total. The van der Waals surface area contributed by atoms with Crippen molar-refractivity contribution in [3.05, 3.63) is 109 Å². The summed E-state index contributed by atoms with van der Waals surface area (Å²) in [6.45, 7) is 1.37. The third-order valence-corrected chi connectivity index (χ3v) is 5.22. The van der Waals surface area contributed by atoms with E-state index in [-0.39, 0.29) is 28.5 Å². The summed E-state index contributed by atoms with van der Waals surface area (Å²) < 4.78 is 38.5. The molecule has 5 nitrogen and oxygen atoms in total. The van der Waals surface area contributed by atoms with Gasteiger partial charge in [-0.2, -0.15) is 0 Å². The van der Waals surface area contributed by atoms with Gasteiger partial charge in [0.15, 0.2) is 17.4 Å². The molecule has 0 spiro atoms. The van der Waals surface area contributed by atoms with Crippen LogP contribution in [0, 0.1) is 11.6 Å². The molecule has 31 heavy (non-hydrogen) atoms. The molecule has 0 aliphatic rings. The van der Waals surface area contributed by atoms with Gasteiger partial charge >= 0.3 is 0 Å². The van der Waals surface area contributed by atoms with E-state index >= 15 is 8.78 Å². The summed E-state index contributed by atoms with van der Waals surface area (Å²) in [6, 6.07) is 13.8. The van der Waals surface area contributed by atoms with Gasteiger partial charge in [0.05, 0.1) is 11.4 Å². The summed E-state index contributed by atoms with van der Waals surface area (Å²) in [5.41, 5.74) is 0.573. The van der Waals surface area contributed by atoms with Crippen LogP contribution in [0.3, 0.4) is 0 Å². The van der Waals surface area contributed by atoms with E-state index in [0.717, 1.165) is 0 Å². The number of benzene rings is 1. The summed E-state index contributed by atoms with van der Waals surface area (Å²) in [7, 11) is 0. The zero-order chi connectivity index (χ0) is 21.5. The molecule has 5 aromatic rings. The van der Waals surface area contributed by atoms with Crippen molar-refractivity contribution >= 4 is 5.78 Å². The summed E-state index contributed by atoms with van der Waals surface area (Å²) in [6.07, 6.45) is 11.8. The Balaban J connectivity index is 1.97. The zero-order valence-electron chi connectivity index (χ0n) is 16.6. The Hall–Kier alpha value is -4.13. The summed E-state index contributed by atoms with van der Waals surface area (Å²) >= 11 is 0. The Morgan fingerprint density at radius 1 is 0.613 bits per heavy atom. The minimum atomic E-state index is -0.771. The van der Waals surface area contributed by atoms with Crippen LogP contribution in [0.15, 0.2) is 91.9 Å². The van der Waals surface area contributed by atoms with Gasteiger partial charge in [0.1, 0.15) is 17.1 Å². The van der Waals surface area contributed by atoms with E-state index in [1.165, 1.54) is 17.7 Å². The van der Waals surface area contributed by atoms with E-state index in [4.69, 9.17) is 0 Å². The van der Waals surface area contributed by atoms with Gasteiger partial charge in [0.2, 0.25) is 0 Å². The highest BCUT2D eigenvalue weighted by Gasteiger charge is 2.29. The van der Waals surface area contributed by atoms with E-state index in [0.29, 0.717) is 5.69 Å². The normalized spacial score (nSPS) is 11.2. The van der Waals surface area contributed by atoms with Crippen LogP contribution in [0.1, 0.15) is 17.4 Å². The van der Waals surface area contributed by atoms with Crippen LogP contribution in [0.4, 0.5) is 8.78 Å². The van der Waals surface area contributed by atoms with Gasteiger partial charge in [-0.25, -0.2) is 8.78 Å². The van der Waals surface area contributed by atoms with Crippen molar-refractivity contribution in [1.29, 1.82) is 0 Å². The van der Waals surface area contributed by atoms with Gasteiger partial charge in [-0.1, -0.05) is 0 Å². The first-order chi connectivity index (χ1) is 15.1. The molecule has 1 aromatic carbocycles. The lowest BCUT2D eigenvalue weighted by atomic mass is 10.1. The molecule has 0 saturated carbocycles. The number of carbonyl (C=O) groups is 1. The number of carbonyl (C=O) groups excluding carboxylic acids is 1. The maximum absolute atomic E-state index is 16.2. The van der Waals surface area contributed by atoms with Crippen molar-refractivity contribution < 1.29 is 13.6 Å². The Labute approximate surface area is 177 Å². The van der Waals surface area contributed by atoms with Crippen molar-refractivity contribution in [3.63, 3.8) is 0 Å². The van der Waals surface area contributed by atoms with E-state index in [1.54, 1.807) is 99.4 Å². The first-order valence-electron chi connectivity index (χ1n) is 9.71. The Morgan fingerprint density at radius 3 is 1.45 bits per heavy atom. The Kier molecular flexibility index (Phi) is 4.43. The first-order valence-corrected chi connectivity index (χ1v) is 9.71. The average Bonchev–Trinajstić information content (AvgIpc) is 3.56. The third kappa shape index (κ3) is 2.93. The molecule has 0 aliphatic carbocycles. The molecule has 0 saturated heterocycles. The van der Waals surface area contributed by atoms with Crippen molar-refractivity contribution in [2.75, 3.05) is 0 Å². The van der Waals surface area contributed by atoms with Crippen LogP contribution in [0.5, 0.6) is 0 Å². The number of ketones is 1. The van der Waals surface area contributed by atoms with Gasteiger partial charge in [-0.15, -0.1) is 0 Å². The first kappa shape index (κ1) is 18.9.